The fraction of sp³-hybridized carbons (Fsp3) is 0.308. The van der Waals surface area contributed by atoms with Gasteiger partial charge in [-0.3, -0.25) is 4.68 Å². The number of hydrogen-bond acceptors (Lipinski definition) is 2. The smallest absolute Gasteiger partial charge is 0.123 e. The molecule has 2 N–H and O–H groups in total. The lowest BCUT2D eigenvalue weighted by atomic mass is 9.99. The van der Waals surface area contributed by atoms with Crippen LogP contribution in [0, 0.1) is 19.7 Å². The van der Waals surface area contributed by atoms with Crippen molar-refractivity contribution in [3.05, 3.63) is 52.6 Å². The molecule has 3 nitrogen and oxygen atoms in total. The monoisotopic (exact) mass is 233 g/mol. The fourth-order valence-electron chi connectivity index (χ4n) is 1.94. The summed E-state index contributed by atoms with van der Waals surface area (Å²) in [5.41, 5.74) is 9.72. The van der Waals surface area contributed by atoms with Crippen LogP contribution in [0.1, 0.15) is 28.4 Å². The molecule has 17 heavy (non-hydrogen) atoms. The summed E-state index contributed by atoms with van der Waals surface area (Å²) in [7, 11) is 1.86. The number of aromatic nitrogens is 2. The van der Waals surface area contributed by atoms with Crippen LogP contribution in [0.25, 0.3) is 0 Å². The van der Waals surface area contributed by atoms with Crippen LogP contribution in [-0.4, -0.2) is 9.78 Å². The fourth-order valence-corrected chi connectivity index (χ4v) is 1.94. The Kier molecular flexibility index (Phi) is 2.98. The summed E-state index contributed by atoms with van der Waals surface area (Å²) in [6.07, 6.45) is 1.74. The SMILES string of the molecule is Cc1cc(F)cc(C(N)c2cnn(C)c2C)c1. The van der Waals surface area contributed by atoms with E-state index < -0.39 is 0 Å². The van der Waals surface area contributed by atoms with Crippen molar-refractivity contribution < 1.29 is 4.39 Å². The van der Waals surface area contributed by atoms with Gasteiger partial charge in [0, 0.05) is 18.3 Å². The Morgan fingerprint density at radius 2 is 2.00 bits per heavy atom. The van der Waals surface area contributed by atoms with Crippen LogP contribution in [-0.2, 0) is 7.05 Å². The Morgan fingerprint density at radius 1 is 1.29 bits per heavy atom. The molecule has 2 rings (SSSR count). The zero-order valence-corrected chi connectivity index (χ0v) is 10.2. The van der Waals surface area contributed by atoms with Crippen molar-refractivity contribution in [2.75, 3.05) is 0 Å². The molecule has 4 heteroatoms. The molecule has 90 valence electrons. The summed E-state index contributed by atoms with van der Waals surface area (Å²) < 4.78 is 15.1. The summed E-state index contributed by atoms with van der Waals surface area (Å²) >= 11 is 0. The molecular formula is C13H16FN3. The van der Waals surface area contributed by atoms with Crippen LogP contribution in [0.3, 0.4) is 0 Å². The van der Waals surface area contributed by atoms with Gasteiger partial charge in [-0.05, 0) is 37.1 Å². The predicted octanol–water partition coefficient (Wildman–Crippen LogP) is 2.22. The van der Waals surface area contributed by atoms with Gasteiger partial charge in [-0.15, -0.1) is 0 Å². The zero-order chi connectivity index (χ0) is 12.6. The Balaban J connectivity index is 2.43. The maximum absolute atomic E-state index is 13.3. The van der Waals surface area contributed by atoms with E-state index in [4.69, 9.17) is 5.73 Å². The average molecular weight is 233 g/mol. The summed E-state index contributed by atoms with van der Waals surface area (Å²) in [5, 5.41) is 4.15. The molecule has 0 saturated heterocycles. The standard InChI is InChI=1S/C13H16FN3/c1-8-4-10(6-11(14)5-8)13(15)12-7-16-17(3)9(12)2/h4-7,13H,15H2,1-3H3. The van der Waals surface area contributed by atoms with Gasteiger partial charge in [0.2, 0.25) is 0 Å². The van der Waals surface area contributed by atoms with E-state index in [1.807, 2.05) is 27.0 Å². The maximum Gasteiger partial charge on any atom is 0.123 e. The van der Waals surface area contributed by atoms with Gasteiger partial charge in [-0.1, -0.05) is 6.07 Å². The van der Waals surface area contributed by atoms with E-state index in [0.29, 0.717) is 0 Å². The Hall–Kier alpha value is -1.68. The Bertz CT molecular complexity index is 525. The molecule has 0 aliphatic carbocycles. The van der Waals surface area contributed by atoms with Gasteiger partial charge in [-0.2, -0.15) is 5.10 Å². The highest BCUT2D eigenvalue weighted by Gasteiger charge is 2.15. The van der Waals surface area contributed by atoms with E-state index in [1.165, 1.54) is 12.1 Å². The first-order chi connectivity index (χ1) is 7.99. The van der Waals surface area contributed by atoms with E-state index in [1.54, 1.807) is 10.9 Å². The second kappa shape index (κ2) is 4.30. The van der Waals surface area contributed by atoms with Crippen molar-refractivity contribution in [2.45, 2.75) is 19.9 Å². The third kappa shape index (κ3) is 2.22. The van der Waals surface area contributed by atoms with E-state index in [2.05, 4.69) is 5.10 Å². The molecule has 1 aromatic heterocycles. The van der Waals surface area contributed by atoms with Crippen molar-refractivity contribution in [3.63, 3.8) is 0 Å². The van der Waals surface area contributed by atoms with Gasteiger partial charge < -0.3 is 5.73 Å². The summed E-state index contributed by atoms with van der Waals surface area (Å²) in [6.45, 7) is 3.81. The second-order valence-corrected chi connectivity index (χ2v) is 4.35. The van der Waals surface area contributed by atoms with Crippen molar-refractivity contribution in [1.82, 2.24) is 9.78 Å². The van der Waals surface area contributed by atoms with Crippen molar-refractivity contribution in [3.8, 4) is 0 Å². The molecular weight excluding hydrogens is 217 g/mol. The molecule has 1 unspecified atom stereocenters. The first kappa shape index (κ1) is 11.8. The normalized spacial score (nSPS) is 12.8. The lowest BCUT2D eigenvalue weighted by molar-refractivity contribution is 0.622. The van der Waals surface area contributed by atoms with E-state index in [-0.39, 0.29) is 11.9 Å². The van der Waals surface area contributed by atoms with Gasteiger partial charge in [0.15, 0.2) is 0 Å². The maximum atomic E-state index is 13.3. The summed E-state index contributed by atoms with van der Waals surface area (Å²) in [5.74, 6) is -0.253. The van der Waals surface area contributed by atoms with Crippen LogP contribution >= 0.6 is 0 Å². The Morgan fingerprint density at radius 3 is 2.53 bits per heavy atom. The first-order valence-corrected chi connectivity index (χ1v) is 5.50. The number of halogens is 1. The molecule has 0 saturated carbocycles. The van der Waals surface area contributed by atoms with Gasteiger partial charge in [-0.25, -0.2) is 4.39 Å². The number of aryl methyl sites for hydroxylation is 2. The number of nitrogens with zero attached hydrogens (tertiary/aromatic N) is 2. The molecule has 1 heterocycles. The highest BCUT2D eigenvalue weighted by Crippen LogP contribution is 2.23. The minimum Gasteiger partial charge on any atom is -0.320 e. The molecule has 0 aliphatic rings. The molecule has 0 bridgehead atoms. The molecule has 2 aromatic rings. The number of hydrogen-bond donors (Lipinski definition) is 1. The quantitative estimate of drug-likeness (QED) is 0.864. The second-order valence-electron chi connectivity index (χ2n) is 4.35. The van der Waals surface area contributed by atoms with Gasteiger partial charge in [0.05, 0.1) is 12.2 Å². The Labute approximate surface area is 100 Å². The lowest BCUT2D eigenvalue weighted by Crippen LogP contribution is -2.13. The lowest BCUT2D eigenvalue weighted by Gasteiger charge is -2.12. The van der Waals surface area contributed by atoms with Crippen molar-refractivity contribution >= 4 is 0 Å². The molecule has 1 atom stereocenters. The first-order valence-electron chi connectivity index (χ1n) is 5.50. The van der Waals surface area contributed by atoms with Crippen LogP contribution in [0.5, 0.6) is 0 Å². The minimum atomic E-state index is -0.335. The highest BCUT2D eigenvalue weighted by molar-refractivity contribution is 5.34. The minimum absolute atomic E-state index is 0.253. The molecule has 0 aliphatic heterocycles. The molecule has 0 fully saturated rings. The van der Waals surface area contributed by atoms with Crippen molar-refractivity contribution in [1.29, 1.82) is 0 Å². The van der Waals surface area contributed by atoms with E-state index in [0.717, 1.165) is 22.4 Å². The number of rotatable bonds is 2. The highest BCUT2D eigenvalue weighted by atomic mass is 19.1. The largest absolute Gasteiger partial charge is 0.320 e. The molecule has 1 aromatic carbocycles. The third-order valence-corrected chi connectivity index (χ3v) is 3.03. The predicted molar refractivity (Wildman–Crippen MR) is 65.1 cm³/mol. The number of benzene rings is 1. The van der Waals surface area contributed by atoms with Crippen LogP contribution in [0.2, 0.25) is 0 Å². The van der Waals surface area contributed by atoms with Crippen LogP contribution in [0.15, 0.2) is 24.4 Å². The van der Waals surface area contributed by atoms with Gasteiger partial charge >= 0.3 is 0 Å². The molecule has 0 amide bonds. The van der Waals surface area contributed by atoms with E-state index in [9.17, 15) is 4.39 Å². The van der Waals surface area contributed by atoms with Crippen molar-refractivity contribution in [2.24, 2.45) is 12.8 Å². The zero-order valence-electron chi connectivity index (χ0n) is 10.2. The number of nitrogens with two attached hydrogens (primary N) is 1. The van der Waals surface area contributed by atoms with Crippen LogP contribution in [0.4, 0.5) is 4.39 Å². The summed E-state index contributed by atoms with van der Waals surface area (Å²) in [6, 6.07) is 4.54. The average Bonchev–Trinajstić information content (AvgIpc) is 2.57. The third-order valence-electron chi connectivity index (χ3n) is 3.03. The summed E-state index contributed by atoms with van der Waals surface area (Å²) in [4.78, 5) is 0. The topological polar surface area (TPSA) is 43.8 Å². The molecule has 0 radical (unpaired) electrons. The molecule has 0 spiro atoms. The van der Waals surface area contributed by atoms with Crippen LogP contribution < -0.4 is 5.73 Å². The van der Waals surface area contributed by atoms with Gasteiger partial charge in [0.25, 0.3) is 0 Å². The van der Waals surface area contributed by atoms with E-state index >= 15 is 0 Å². The van der Waals surface area contributed by atoms with Gasteiger partial charge in [0.1, 0.15) is 5.82 Å².